The van der Waals surface area contributed by atoms with Crippen molar-refractivity contribution in [3.05, 3.63) is 23.3 Å². The fourth-order valence-corrected chi connectivity index (χ4v) is 4.33. The molecule has 1 aromatic carbocycles. The van der Waals surface area contributed by atoms with Crippen molar-refractivity contribution in [2.45, 2.75) is 51.7 Å². The summed E-state index contributed by atoms with van der Waals surface area (Å²) in [4.78, 5) is 2.56. The Morgan fingerprint density at radius 1 is 1.25 bits per heavy atom. The fraction of sp³-hybridized carbons (Fsp3) is 0.700. The number of rotatable bonds is 5. The van der Waals surface area contributed by atoms with Crippen LogP contribution in [-0.2, 0) is 6.42 Å². The lowest BCUT2D eigenvalue weighted by atomic mass is 9.78. The summed E-state index contributed by atoms with van der Waals surface area (Å²) < 4.78 is 10.9. The number of aliphatic hydroxyl groups excluding tert-OH is 1. The van der Waals surface area contributed by atoms with Gasteiger partial charge in [-0.2, -0.15) is 0 Å². The number of ether oxygens (including phenoxy) is 2. The molecule has 0 bridgehead atoms. The van der Waals surface area contributed by atoms with Crippen molar-refractivity contribution >= 4 is 0 Å². The van der Waals surface area contributed by atoms with E-state index in [9.17, 15) is 5.11 Å². The van der Waals surface area contributed by atoms with E-state index in [0.717, 1.165) is 43.9 Å². The maximum absolute atomic E-state index is 10.7. The molecule has 134 valence electrons. The lowest BCUT2D eigenvalue weighted by Crippen LogP contribution is -2.48. The second-order valence-corrected chi connectivity index (χ2v) is 7.48. The number of benzene rings is 1. The van der Waals surface area contributed by atoms with Crippen LogP contribution in [0.2, 0.25) is 0 Å². The van der Waals surface area contributed by atoms with Crippen molar-refractivity contribution in [2.75, 3.05) is 27.3 Å². The number of hydrogen-bond donors (Lipinski definition) is 1. The van der Waals surface area contributed by atoms with E-state index in [0.29, 0.717) is 17.9 Å². The minimum Gasteiger partial charge on any atom is -0.493 e. The van der Waals surface area contributed by atoms with E-state index in [1.165, 1.54) is 17.5 Å². The zero-order chi connectivity index (χ0) is 17.3. The molecule has 4 atom stereocenters. The summed E-state index contributed by atoms with van der Waals surface area (Å²) in [5.41, 5.74) is 2.64. The van der Waals surface area contributed by atoms with Gasteiger partial charge < -0.3 is 14.6 Å². The quantitative estimate of drug-likeness (QED) is 0.896. The van der Waals surface area contributed by atoms with Crippen LogP contribution < -0.4 is 9.47 Å². The number of hydrogen-bond acceptors (Lipinski definition) is 4. The second kappa shape index (κ2) is 7.32. The van der Waals surface area contributed by atoms with E-state index in [1.54, 1.807) is 14.2 Å². The molecule has 24 heavy (non-hydrogen) atoms. The predicted molar refractivity (Wildman–Crippen MR) is 95.7 cm³/mol. The molecule has 2 aliphatic rings. The molecule has 0 saturated carbocycles. The molecule has 0 spiro atoms. The smallest absolute Gasteiger partial charge is 0.161 e. The highest BCUT2D eigenvalue weighted by molar-refractivity contribution is 5.49. The molecule has 4 unspecified atom stereocenters. The van der Waals surface area contributed by atoms with Crippen LogP contribution in [0.15, 0.2) is 12.1 Å². The average Bonchev–Trinajstić information content (AvgIpc) is 2.60. The van der Waals surface area contributed by atoms with Crippen LogP contribution in [0.4, 0.5) is 0 Å². The summed E-state index contributed by atoms with van der Waals surface area (Å²) in [7, 11) is 3.37. The van der Waals surface area contributed by atoms with Crippen molar-refractivity contribution < 1.29 is 14.6 Å². The van der Waals surface area contributed by atoms with E-state index in [-0.39, 0.29) is 6.10 Å². The van der Waals surface area contributed by atoms with E-state index in [4.69, 9.17) is 9.47 Å². The highest BCUT2D eigenvalue weighted by Crippen LogP contribution is 2.43. The van der Waals surface area contributed by atoms with Crippen molar-refractivity contribution in [2.24, 2.45) is 11.8 Å². The van der Waals surface area contributed by atoms with E-state index >= 15 is 0 Å². The highest BCUT2D eigenvalue weighted by Gasteiger charge is 2.38. The molecule has 1 aromatic rings. The maximum Gasteiger partial charge on any atom is 0.161 e. The van der Waals surface area contributed by atoms with Crippen LogP contribution >= 0.6 is 0 Å². The van der Waals surface area contributed by atoms with Crippen molar-refractivity contribution in [1.82, 2.24) is 4.90 Å². The van der Waals surface area contributed by atoms with E-state index in [2.05, 4.69) is 30.9 Å². The van der Waals surface area contributed by atoms with Gasteiger partial charge in [0.1, 0.15) is 0 Å². The number of piperidine rings is 1. The average molecular weight is 333 g/mol. The van der Waals surface area contributed by atoms with Crippen LogP contribution in [0, 0.1) is 11.8 Å². The van der Waals surface area contributed by atoms with Gasteiger partial charge in [-0.1, -0.05) is 20.3 Å². The normalized spacial score (nSPS) is 28.0. The van der Waals surface area contributed by atoms with Crippen LogP contribution in [-0.4, -0.2) is 43.4 Å². The first-order valence-electron chi connectivity index (χ1n) is 9.24. The first-order valence-corrected chi connectivity index (χ1v) is 9.24. The molecule has 1 saturated heterocycles. The standard InChI is InChI=1S/C20H31NO3/c1-5-13(2)8-15-12-21-7-6-14-9-19(23-3)20(24-4)10-16(14)17(21)11-18(15)22/h9-10,13,15,17-18,22H,5-8,11-12H2,1-4H3. The molecular weight excluding hydrogens is 302 g/mol. The van der Waals surface area contributed by atoms with Gasteiger partial charge in [0.25, 0.3) is 0 Å². The Hall–Kier alpha value is -1.26. The van der Waals surface area contributed by atoms with Gasteiger partial charge in [-0.05, 0) is 54.4 Å². The maximum atomic E-state index is 10.7. The van der Waals surface area contributed by atoms with Gasteiger partial charge in [0.15, 0.2) is 11.5 Å². The number of methoxy groups -OCH3 is 2. The number of aliphatic hydroxyl groups is 1. The van der Waals surface area contributed by atoms with E-state index in [1.807, 2.05) is 0 Å². The van der Waals surface area contributed by atoms with E-state index < -0.39 is 0 Å². The minimum atomic E-state index is -0.209. The van der Waals surface area contributed by atoms with Gasteiger partial charge in [0, 0.05) is 19.1 Å². The molecule has 1 N–H and O–H groups in total. The van der Waals surface area contributed by atoms with Gasteiger partial charge in [0.05, 0.1) is 20.3 Å². The second-order valence-electron chi connectivity index (χ2n) is 7.48. The van der Waals surface area contributed by atoms with Crippen molar-refractivity contribution in [3.63, 3.8) is 0 Å². The predicted octanol–water partition coefficient (Wildman–Crippen LogP) is 3.42. The Morgan fingerprint density at radius 3 is 2.62 bits per heavy atom. The topological polar surface area (TPSA) is 41.9 Å². The Balaban J connectivity index is 1.83. The Bertz CT molecular complexity index is 574. The molecule has 0 radical (unpaired) electrons. The molecule has 1 fully saturated rings. The van der Waals surface area contributed by atoms with Gasteiger partial charge in [-0.25, -0.2) is 0 Å². The lowest BCUT2D eigenvalue weighted by molar-refractivity contribution is -0.0200. The molecule has 4 nitrogen and oxygen atoms in total. The third kappa shape index (κ3) is 3.27. The summed E-state index contributed by atoms with van der Waals surface area (Å²) in [6, 6.07) is 4.53. The summed E-state index contributed by atoms with van der Waals surface area (Å²) in [6.45, 7) is 6.60. The third-order valence-electron chi connectivity index (χ3n) is 5.99. The summed E-state index contributed by atoms with van der Waals surface area (Å²) in [6.07, 6.45) is 3.97. The van der Waals surface area contributed by atoms with Gasteiger partial charge in [-0.15, -0.1) is 0 Å². The van der Waals surface area contributed by atoms with Gasteiger partial charge in [-0.3, -0.25) is 4.90 Å². The van der Waals surface area contributed by atoms with Gasteiger partial charge in [0.2, 0.25) is 0 Å². The van der Waals surface area contributed by atoms with Crippen LogP contribution in [0.1, 0.15) is 50.3 Å². The molecule has 0 aromatic heterocycles. The molecule has 0 aliphatic carbocycles. The van der Waals surface area contributed by atoms with Crippen molar-refractivity contribution in [1.29, 1.82) is 0 Å². The molecule has 2 heterocycles. The molecular formula is C20H31NO3. The van der Waals surface area contributed by atoms with Crippen LogP contribution in [0.5, 0.6) is 11.5 Å². The monoisotopic (exact) mass is 333 g/mol. The largest absolute Gasteiger partial charge is 0.493 e. The Labute approximate surface area is 145 Å². The van der Waals surface area contributed by atoms with Crippen LogP contribution in [0.3, 0.4) is 0 Å². The number of fused-ring (bicyclic) bond motifs is 3. The zero-order valence-corrected chi connectivity index (χ0v) is 15.4. The lowest BCUT2D eigenvalue weighted by Gasteiger charge is -2.46. The zero-order valence-electron chi connectivity index (χ0n) is 15.4. The van der Waals surface area contributed by atoms with Crippen LogP contribution in [0.25, 0.3) is 0 Å². The summed E-state index contributed by atoms with van der Waals surface area (Å²) in [5, 5.41) is 10.7. The van der Waals surface area contributed by atoms with Gasteiger partial charge >= 0.3 is 0 Å². The number of nitrogens with zero attached hydrogens (tertiary/aromatic N) is 1. The third-order valence-corrected chi connectivity index (χ3v) is 5.99. The molecule has 0 amide bonds. The molecule has 2 aliphatic heterocycles. The Kier molecular flexibility index (Phi) is 5.36. The molecule has 4 heteroatoms. The van der Waals surface area contributed by atoms with Crippen molar-refractivity contribution in [3.8, 4) is 11.5 Å². The molecule has 3 rings (SSSR count). The summed E-state index contributed by atoms with van der Waals surface area (Å²) >= 11 is 0. The fourth-order valence-electron chi connectivity index (χ4n) is 4.33. The Morgan fingerprint density at radius 2 is 1.96 bits per heavy atom. The SMILES string of the molecule is CCC(C)CC1CN2CCc3cc(OC)c(OC)cc3C2CC1O. The summed E-state index contributed by atoms with van der Waals surface area (Å²) in [5.74, 6) is 2.67. The minimum absolute atomic E-state index is 0.209. The highest BCUT2D eigenvalue weighted by atomic mass is 16.5. The first kappa shape index (κ1) is 17.6. The first-order chi connectivity index (χ1) is 11.6.